The first-order valence-corrected chi connectivity index (χ1v) is 11.6. The quantitative estimate of drug-likeness (QED) is 0.439. The van der Waals surface area contributed by atoms with Crippen molar-refractivity contribution in [2.45, 2.75) is 45.7 Å². The first-order chi connectivity index (χ1) is 16.1. The van der Waals surface area contributed by atoms with E-state index < -0.39 is 0 Å². The molecule has 0 saturated carbocycles. The Balaban J connectivity index is 1.31. The molecule has 6 nitrogen and oxygen atoms in total. The fourth-order valence-corrected chi connectivity index (χ4v) is 4.58. The second-order valence-corrected chi connectivity index (χ2v) is 8.88. The Hall–Kier alpha value is -3.67. The van der Waals surface area contributed by atoms with Crippen molar-refractivity contribution in [3.63, 3.8) is 0 Å². The van der Waals surface area contributed by atoms with E-state index in [-0.39, 0.29) is 11.9 Å². The molecule has 1 saturated heterocycles. The van der Waals surface area contributed by atoms with E-state index in [4.69, 9.17) is 4.98 Å². The largest absolute Gasteiger partial charge is 0.364 e. The Kier molecular flexibility index (Phi) is 5.82. The lowest BCUT2D eigenvalue weighted by Gasteiger charge is -2.24. The van der Waals surface area contributed by atoms with E-state index in [1.807, 2.05) is 29.2 Å². The Bertz CT molecular complexity index is 1280. The van der Waals surface area contributed by atoms with Crippen LogP contribution in [0.1, 0.15) is 46.8 Å². The van der Waals surface area contributed by atoms with Gasteiger partial charge in [0.15, 0.2) is 11.5 Å². The monoisotopic (exact) mass is 439 g/mol. The number of aryl methyl sites for hydroxylation is 2. The van der Waals surface area contributed by atoms with Crippen molar-refractivity contribution in [1.29, 1.82) is 0 Å². The van der Waals surface area contributed by atoms with Gasteiger partial charge < -0.3 is 10.2 Å². The number of amides is 1. The number of nitrogens with one attached hydrogen (secondary N) is 2. The predicted octanol–water partition coefficient (Wildman–Crippen LogP) is 5.09. The average molecular weight is 440 g/mol. The molecule has 2 aromatic carbocycles. The molecule has 0 unspecified atom stereocenters. The SMILES string of the molecule is Cc1ccc(CC(=O)N2CCC[C@H]2c2ccc3c(NCc4ccccc4)n[nH]c3n2)cc1C. The summed E-state index contributed by atoms with van der Waals surface area (Å²) in [6.07, 6.45) is 2.36. The van der Waals surface area contributed by atoms with Gasteiger partial charge in [-0.15, -0.1) is 0 Å². The van der Waals surface area contributed by atoms with Crippen LogP contribution >= 0.6 is 0 Å². The summed E-state index contributed by atoms with van der Waals surface area (Å²) in [5, 5.41) is 11.8. The molecule has 3 heterocycles. The number of hydrogen-bond donors (Lipinski definition) is 2. The molecule has 5 rings (SSSR count). The number of likely N-dealkylation sites (tertiary alicyclic amines) is 1. The van der Waals surface area contributed by atoms with Gasteiger partial charge in [-0.25, -0.2) is 4.98 Å². The maximum Gasteiger partial charge on any atom is 0.227 e. The van der Waals surface area contributed by atoms with Gasteiger partial charge in [-0.1, -0.05) is 48.5 Å². The number of fused-ring (bicyclic) bond motifs is 1. The van der Waals surface area contributed by atoms with Gasteiger partial charge in [0.2, 0.25) is 5.91 Å². The third kappa shape index (κ3) is 4.46. The van der Waals surface area contributed by atoms with Crippen molar-refractivity contribution in [2.75, 3.05) is 11.9 Å². The molecular formula is C27H29N5O. The van der Waals surface area contributed by atoms with Crippen LogP contribution in [-0.2, 0) is 17.8 Å². The second-order valence-electron chi connectivity index (χ2n) is 8.88. The number of rotatable bonds is 6. The Morgan fingerprint density at radius 2 is 1.91 bits per heavy atom. The van der Waals surface area contributed by atoms with E-state index in [1.54, 1.807) is 0 Å². The van der Waals surface area contributed by atoms with E-state index in [1.165, 1.54) is 16.7 Å². The van der Waals surface area contributed by atoms with Crippen LogP contribution in [0.25, 0.3) is 11.0 Å². The standard InChI is InChI=1S/C27H29N5O/c1-18-10-11-21(15-19(18)2)16-25(33)32-14-6-9-24(32)23-13-12-22-26(30-31-27(22)29-23)28-17-20-7-4-3-5-8-20/h3-5,7-8,10-13,15,24H,6,9,14,16-17H2,1-2H3,(H2,28,29,30,31)/t24-/m0/s1. The van der Waals surface area contributed by atoms with Gasteiger partial charge in [-0.3, -0.25) is 9.89 Å². The molecule has 1 aliphatic heterocycles. The smallest absolute Gasteiger partial charge is 0.227 e. The van der Waals surface area contributed by atoms with Gasteiger partial charge in [-0.05, 0) is 61.1 Å². The molecule has 168 valence electrons. The molecule has 2 aromatic heterocycles. The van der Waals surface area contributed by atoms with Crippen LogP contribution in [0.3, 0.4) is 0 Å². The van der Waals surface area contributed by atoms with Crippen molar-refractivity contribution >= 4 is 22.8 Å². The van der Waals surface area contributed by atoms with E-state index in [2.05, 4.69) is 65.8 Å². The number of H-pyrrole nitrogens is 1. The summed E-state index contributed by atoms with van der Waals surface area (Å²) >= 11 is 0. The molecule has 0 radical (unpaired) electrons. The van der Waals surface area contributed by atoms with Gasteiger partial charge >= 0.3 is 0 Å². The topological polar surface area (TPSA) is 73.9 Å². The maximum atomic E-state index is 13.2. The van der Waals surface area contributed by atoms with E-state index in [0.29, 0.717) is 13.0 Å². The Morgan fingerprint density at radius 1 is 1.06 bits per heavy atom. The second kappa shape index (κ2) is 9.06. The summed E-state index contributed by atoms with van der Waals surface area (Å²) in [4.78, 5) is 20.0. The van der Waals surface area contributed by atoms with Gasteiger partial charge in [0.1, 0.15) is 0 Å². The minimum Gasteiger partial charge on any atom is -0.364 e. The molecule has 1 atom stereocenters. The van der Waals surface area contributed by atoms with Gasteiger partial charge in [0, 0.05) is 13.1 Å². The zero-order valence-electron chi connectivity index (χ0n) is 19.1. The normalized spacial score (nSPS) is 15.8. The molecule has 2 N–H and O–H groups in total. The number of aromatic amines is 1. The van der Waals surface area contributed by atoms with E-state index >= 15 is 0 Å². The van der Waals surface area contributed by atoms with Gasteiger partial charge in [0.05, 0.1) is 23.5 Å². The first-order valence-electron chi connectivity index (χ1n) is 11.6. The number of carbonyl (C=O) groups is 1. The van der Waals surface area contributed by atoms with Crippen molar-refractivity contribution in [1.82, 2.24) is 20.1 Å². The highest BCUT2D eigenvalue weighted by Crippen LogP contribution is 2.33. The van der Waals surface area contributed by atoms with Crippen molar-refractivity contribution < 1.29 is 4.79 Å². The maximum absolute atomic E-state index is 13.2. The Labute approximate surface area is 194 Å². The molecule has 0 spiro atoms. The van der Waals surface area contributed by atoms with E-state index in [9.17, 15) is 4.79 Å². The van der Waals surface area contributed by atoms with Crippen LogP contribution in [0, 0.1) is 13.8 Å². The van der Waals surface area contributed by atoms with Crippen LogP contribution in [-0.4, -0.2) is 32.5 Å². The highest BCUT2D eigenvalue weighted by molar-refractivity contribution is 5.87. The third-order valence-corrected chi connectivity index (χ3v) is 6.59. The number of hydrogen-bond acceptors (Lipinski definition) is 4. The third-order valence-electron chi connectivity index (χ3n) is 6.59. The number of pyridine rings is 1. The van der Waals surface area contributed by atoms with Crippen molar-refractivity contribution in [3.05, 3.63) is 88.6 Å². The van der Waals surface area contributed by atoms with E-state index in [0.717, 1.165) is 47.5 Å². The molecular weight excluding hydrogens is 410 g/mol. The molecule has 4 aromatic rings. The zero-order chi connectivity index (χ0) is 22.8. The average Bonchev–Trinajstić information content (AvgIpc) is 3.48. The number of carbonyl (C=O) groups excluding carboxylic acids is 1. The highest BCUT2D eigenvalue weighted by atomic mass is 16.2. The first kappa shape index (κ1) is 21.2. The molecule has 1 fully saturated rings. The number of nitrogens with zero attached hydrogens (tertiary/aromatic N) is 3. The molecule has 1 aliphatic rings. The summed E-state index contributed by atoms with van der Waals surface area (Å²) in [6.45, 7) is 5.67. The molecule has 33 heavy (non-hydrogen) atoms. The minimum absolute atomic E-state index is 0.0115. The molecule has 0 aliphatic carbocycles. The molecule has 1 amide bonds. The van der Waals surface area contributed by atoms with Crippen molar-refractivity contribution in [2.24, 2.45) is 0 Å². The summed E-state index contributed by atoms with van der Waals surface area (Å²) in [5.41, 5.74) is 6.41. The number of anilines is 1. The predicted molar refractivity (Wildman–Crippen MR) is 131 cm³/mol. The Morgan fingerprint density at radius 3 is 2.73 bits per heavy atom. The summed E-state index contributed by atoms with van der Waals surface area (Å²) in [5.74, 6) is 0.958. The van der Waals surface area contributed by atoms with Crippen LogP contribution < -0.4 is 5.32 Å². The fourth-order valence-electron chi connectivity index (χ4n) is 4.58. The van der Waals surface area contributed by atoms with Crippen molar-refractivity contribution in [3.8, 4) is 0 Å². The summed E-state index contributed by atoms with van der Waals surface area (Å²) < 4.78 is 0. The lowest BCUT2D eigenvalue weighted by molar-refractivity contribution is -0.131. The summed E-state index contributed by atoms with van der Waals surface area (Å²) in [7, 11) is 0. The van der Waals surface area contributed by atoms with Crippen LogP contribution in [0.15, 0.2) is 60.7 Å². The molecule has 6 heteroatoms. The highest BCUT2D eigenvalue weighted by Gasteiger charge is 2.31. The lowest BCUT2D eigenvalue weighted by Crippen LogP contribution is -2.32. The van der Waals surface area contributed by atoms with Crippen LogP contribution in [0.2, 0.25) is 0 Å². The van der Waals surface area contributed by atoms with Crippen LogP contribution in [0.5, 0.6) is 0 Å². The number of aromatic nitrogens is 3. The minimum atomic E-state index is 0.0115. The molecule has 0 bridgehead atoms. The summed E-state index contributed by atoms with van der Waals surface area (Å²) in [6, 6.07) is 20.6. The lowest BCUT2D eigenvalue weighted by atomic mass is 10.0. The van der Waals surface area contributed by atoms with Crippen LogP contribution in [0.4, 0.5) is 5.82 Å². The van der Waals surface area contributed by atoms with Gasteiger partial charge in [-0.2, -0.15) is 5.10 Å². The van der Waals surface area contributed by atoms with Gasteiger partial charge in [0.25, 0.3) is 0 Å². The number of benzene rings is 2. The fraction of sp³-hybridized carbons (Fsp3) is 0.296. The zero-order valence-corrected chi connectivity index (χ0v) is 19.1.